The lowest BCUT2D eigenvalue weighted by Crippen LogP contribution is -2.44. The van der Waals surface area contributed by atoms with Crippen molar-refractivity contribution < 1.29 is 14.3 Å². The van der Waals surface area contributed by atoms with Crippen molar-refractivity contribution in [2.45, 2.75) is 25.7 Å². The normalized spacial score (nSPS) is 15.1. The summed E-state index contributed by atoms with van der Waals surface area (Å²) in [5.41, 5.74) is 1.45. The van der Waals surface area contributed by atoms with Gasteiger partial charge in [0, 0.05) is 37.3 Å². The van der Waals surface area contributed by atoms with Crippen molar-refractivity contribution in [2.75, 3.05) is 53.5 Å². The minimum atomic E-state index is -0.102. The van der Waals surface area contributed by atoms with E-state index in [2.05, 4.69) is 16.8 Å². The van der Waals surface area contributed by atoms with Crippen molar-refractivity contribution in [3.63, 3.8) is 0 Å². The van der Waals surface area contributed by atoms with E-state index >= 15 is 0 Å². The molecule has 6 heteroatoms. The zero-order chi connectivity index (χ0) is 23.5. The average Bonchev–Trinajstić information content (AvgIpc) is 2.84. The van der Waals surface area contributed by atoms with Crippen LogP contribution >= 0.6 is 11.6 Å². The van der Waals surface area contributed by atoms with Gasteiger partial charge in [0.2, 0.25) is 0 Å². The molecule has 0 aliphatic carbocycles. The Bertz CT molecular complexity index is 906. The van der Waals surface area contributed by atoms with Crippen LogP contribution in [0.5, 0.6) is 11.5 Å². The first-order valence-electron chi connectivity index (χ1n) is 11.7. The number of benzene rings is 2. The number of ether oxygens (including phenoxy) is 2. The maximum absolute atomic E-state index is 12.8. The van der Waals surface area contributed by atoms with Crippen molar-refractivity contribution in [2.24, 2.45) is 0 Å². The lowest BCUT2D eigenvalue weighted by molar-refractivity contribution is 0.104. The van der Waals surface area contributed by atoms with E-state index in [1.54, 1.807) is 49.6 Å². The molecule has 0 bridgehead atoms. The molecule has 1 aliphatic rings. The van der Waals surface area contributed by atoms with Crippen LogP contribution in [0.15, 0.2) is 48.5 Å². The summed E-state index contributed by atoms with van der Waals surface area (Å²) in [6.07, 6.45) is 7.86. The summed E-state index contributed by atoms with van der Waals surface area (Å²) in [5, 5.41) is 0.670. The molecule has 1 saturated heterocycles. The summed E-state index contributed by atoms with van der Waals surface area (Å²) in [6.45, 7) is 6.47. The van der Waals surface area contributed by atoms with Crippen LogP contribution in [0.4, 0.5) is 0 Å². The van der Waals surface area contributed by atoms with Gasteiger partial charge < -0.3 is 19.3 Å². The van der Waals surface area contributed by atoms with Gasteiger partial charge in [-0.05, 0) is 62.3 Å². The quantitative estimate of drug-likeness (QED) is 0.235. The number of carbonyl (C=O) groups excluding carboxylic acids is 1. The van der Waals surface area contributed by atoms with Crippen LogP contribution in [0.2, 0.25) is 5.02 Å². The number of methoxy groups -OCH3 is 1. The second-order valence-corrected chi connectivity index (χ2v) is 8.96. The predicted octanol–water partition coefficient (Wildman–Crippen LogP) is 5.43. The smallest absolute Gasteiger partial charge is 0.189 e. The number of allylic oxidation sites excluding steroid dienone is 1. The first kappa shape index (κ1) is 25.3. The van der Waals surface area contributed by atoms with Gasteiger partial charge in [-0.2, -0.15) is 0 Å². The highest BCUT2D eigenvalue weighted by molar-refractivity contribution is 6.30. The molecule has 0 atom stereocenters. The fraction of sp³-hybridized carbons (Fsp3) is 0.444. The molecular weight excluding hydrogens is 436 g/mol. The maximum atomic E-state index is 12.8. The van der Waals surface area contributed by atoms with Gasteiger partial charge in [0.25, 0.3) is 0 Å². The summed E-state index contributed by atoms with van der Waals surface area (Å²) < 4.78 is 11.3. The van der Waals surface area contributed by atoms with Crippen molar-refractivity contribution in [1.29, 1.82) is 0 Å². The van der Waals surface area contributed by atoms with Crippen LogP contribution in [0, 0.1) is 0 Å². The molecule has 0 saturated carbocycles. The Hall–Kier alpha value is -2.34. The van der Waals surface area contributed by atoms with E-state index in [0.717, 1.165) is 18.4 Å². The molecule has 1 fully saturated rings. The number of piperazine rings is 1. The average molecular weight is 471 g/mol. The molecule has 0 amide bonds. The van der Waals surface area contributed by atoms with Gasteiger partial charge in [-0.25, -0.2) is 0 Å². The van der Waals surface area contributed by atoms with Gasteiger partial charge in [0.15, 0.2) is 5.78 Å². The number of ketones is 1. The standard InChI is InChI=1S/C27H35ClN2O3/c1-29-16-18-30(19-17-29)15-5-3-4-6-20-33-27-21-24(32-2)12-13-25(27)26(31)14-9-22-7-10-23(28)11-8-22/h7-14,21H,3-6,15-20H2,1-2H3. The summed E-state index contributed by atoms with van der Waals surface area (Å²) in [4.78, 5) is 17.8. The molecule has 0 radical (unpaired) electrons. The van der Waals surface area contributed by atoms with Gasteiger partial charge in [-0.3, -0.25) is 4.79 Å². The number of nitrogens with zero attached hydrogens (tertiary/aromatic N) is 2. The summed E-state index contributed by atoms with van der Waals surface area (Å²) in [7, 11) is 3.80. The monoisotopic (exact) mass is 470 g/mol. The highest BCUT2D eigenvalue weighted by Crippen LogP contribution is 2.26. The van der Waals surface area contributed by atoms with E-state index in [0.29, 0.717) is 28.7 Å². The lowest BCUT2D eigenvalue weighted by Gasteiger charge is -2.32. The largest absolute Gasteiger partial charge is 0.497 e. The molecule has 0 N–H and O–H groups in total. The lowest BCUT2D eigenvalue weighted by atomic mass is 10.1. The zero-order valence-electron chi connectivity index (χ0n) is 19.8. The molecule has 0 unspecified atom stereocenters. The van der Waals surface area contributed by atoms with Gasteiger partial charge in [0.05, 0.1) is 19.3 Å². The highest BCUT2D eigenvalue weighted by atomic mass is 35.5. The third-order valence-electron chi connectivity index (χ3n) is 5.97. The Morgan fingerprint density at radius 3 is 2.45 bits per heavy atom. The van der Waals surface area contributed by atoms with Gasteiger partial charge in [0.1, 0.15) is 11.5 Å². The van der Waals surface area contributed by atoms with Gasteiger partial charge in [-0.15, -0.1) is 0 Å². The minimum absolute atomic E-state index is 0.102. The number of hydrogen-bond acceptors (Lipinski definition) is 5. The van der Waals surface area contributed by atoms with E-state index in [4.69, 9.17) is 21.1 Å². The predicted molar refractivity (Wildman–Crippen MR) is 136 cm³/mol. The molecule has 2 aromatic carbocycles. The minimum Gasteiger partial charge on any atom is -0.497 e. The van der Waals surface area contributed by atoms with E-state index in [1.807, 2.05) is 12.1 Å². The summed E-state index contributed by atoms with van der Waals surface area (Å²) in [5.74, 6) is 1.14. The SMILES string of the molecule is COc1ccc(C(=O)C=Cc2ccc(Cl)cc2)c(OCCCCCCN2CCN(C)CC2)c1. The van der Waals surface area contributed by atoms with Gasteiger partial charge >= 0.3 is 0 Å². The Morgan fingerprint density at radius 1 is 1.00 bits per heavy atom. The zero-order valence-corrected chi connectivity index (χ0v) is 20.5. The number of carbonyl (C=O) groups is 1. The van der Waals surface area contributed by atoms with Crippen LogP contribution in [0.3, 0.4) is 0 Å². The molecule has 1 aliphatic heterocycles. The number of likely N-dealkylation sites (N-methyl/N-ethyl adjacent to an activating group) is 1. The Kier molecular flexibility index (Phi) is 10.3. The van der Waals surface area contributed by atoms with Crippen molar-refractivity contribution in [3.05, 3.63) is 64.7 Å². The molecule has 0 spiro atoms. The van der Waals surface area contributed by atoms with Crippen molar-refractivity contribution >= 4 is 23.5 Å². The molecular formula is C27H35ClN2O3. The maximum Gasteiger partial charge on any atom is 0.189 e. The van der Waals surface area contributed by atoms with E-state index in [-0.39, 0.29) is 5.78 Å². The third-order valence-corrected chi connectivity index (χ3v) is 6.23. The number of halogens is 1. The van der Waals surface area contributed by atoms with E-state index in [9.17, 15) is 4.79 Å². The molecule has 178 valence electrons. The van der Waals surface area contributed by atoms with Crippen LogP contribution in [-0.2, 0) is 0 Å². The van der Waals surface area contributed by atoms with E-state index in [1.165, 1.54) is 45.6 Å². The summed E-state index contributed by atoms with van der Waals surface area (Å²) >= 11 is 5.93. The Morgan fingerprint density at radius 2 is 1.73 bits per heavy atom. The van der Waals surface area contributed by atoms with Crippen molar-refractivity contribution in [3.8, 4) is 11.5 Å². The summed E-state index contributed by atoms with van der Waals surface area (Å²) in [6, 6.07) is 12.7. The number of unbranched alkanes of at least 4 members (excludes halogenated alkanes) is 3. The third kappa shape index (κ3) is 8.50. The number of hydrogen-bond donors (Lipinski definition) is 0. The first-order valence-corrected chi connectivity index (χ1v) is 12.1. The van der Waals surface area contributed by atoms with Crippen LogP contribution < -0.4 is 9.47 Å². The second-order valence-electron chi connectivity index (χ2n) is 8.52. The Labute approximate surface area is 202 Å². The topological polar surface area (TPSA) is 42.0 Å². The first-order chi connectivity index (χ1) is 16.0. The van der Waals surface area contributed by atoms with Crippen molar-refractivity contribution in [1.82, 2.24) is 9.80 Å². The molecule has 0 aromatic heterocycles. The molecule has 2 aromatic rings. The fourth-order valence-corrected chi connectivity index (χ4v) is 3.96. The Balaban J connectivity index is 1.45. The van der Waals surface area contributed by atoms with Crippen LogP contribution in [0.25, 0.3) is 6.08 Å². The van der Waals surface area contributed by atoms with Crippen LogP contribution in [-0.4, -0.2) is 69.1 Å². The van der Waals surface area contributed by atoms with Gasteiger partial charge in [-0.1, -0.05) is 42.7 Å². The molecule has 5 nitrogen and oxygen atoms in total. The molecule has 33 heavy (non-hydrogen) atoms. The fourth-order valence-electron chi connectivity index (χ4n) is 3.83. The number of rotatable bonds is 12. The van der Waals surface area contributed by atoms with Crippen LogP contribution in [0.1, 0.15) is 41.6 Å². The molecule has 3 rings (SSSR count). The molecule has 1 heterocycles. The highest BCUT2D eigenvalue weighted by Gasteiger charge is 2.13. The second kappa shape index (κ2) is 13.4. The van der Waals surface area contributed by atoms with E-state index < -0.39 is 0 Å².